The van der Waals surface area contributed by atoms with Crippen LogP contribution in [0.1, 0.15) is 12.5 Å². The van der Waals surface area contributed by atoms with Crippen molar-refractivity contribution in [3.8, 4) is 11.8 Å². The first-order chi connectivity index (χ1) is 13.3. The first-order valence-corrected chi connectivity index (χ1v) is 8.86. The fourth-order valence-corrected chi connectivity index (χ4v) is 2.58. The number of rotatable bonds is 7. The van der Waals surface area contributed by atoms with Crippen LogP contribution in [0.4, 0.5) is 11.4 Å². The van der Waals surface area contributed by atoms with Crippen molar-refractivity contribution in [2.75, 3.05) is 31.3 Å². The number of nitrogens with one attached hydrogen (secondary N) is 2. The van der Waals surface area contributed by atoms with Crippen LogP contribution in [0.25, 0.3) is 0 Å². The number of amides is 2. The van der Waals surface area contributed by atoms with Crippen molar-refractivity contribution in [3.63, 3.8) is 0 Å². The van der Waals surface area contributed by atoms with Gasteiger partial charge in [-0.15, -0.1) is 0 Å². The largest absolute Gasteiger partial charge is 0.495 e. The lowest BCUT2D eigenvalue weighted by Crippen LogP contribution is -2.43. The van der Waals surface area contributed by atoms with Crippen LogP contribution >= 0.6 is 11.6 Å². The molecule has 0 bridgehead atoms. The molecule has 0 aliphatic heterocycles. The van der Waals surface area contributed by atoms with Crippen molar-refractivity contribution in [1.29, 1.82) is 5.26 Å². The Hall–Kier alpha value is -3.08. The van der Waals surface area contributed by atoms with Crippen LogP contribution in [0.15, 0.2) is 42.5 Å². The van der Waals surface area contributed by atoms with E-state index < -0.39 is 6.04 Å². The monoisotopic (exact) mass is 400 g/mol. The number of hydrogen-bond donors (Lipinski definition) is 2. The summed E-state index contributed by atoms with van der Waals surface area (Å²) in [7, 11) is 3.18. The summed E-state index contributed by atoms with van der Waals surface area (Å²) in [6, 6.07) is 12.9. The van der Waals surface area contributed by atoms with Gasteiger partial charge in [0.2, 0.25) is 11.8 Å². The molecule has 28 heavy (non-hydrogen) atoms. The Bertz CT molecular complexity index is 893. The van der Waals surface area contributed by atoms with Gasteiger partial charge in [0, 0.05) is 10.7 Å². The van der Waals surface area contributed by atoms with Crippen LogP contribution in [-0.4, -0.2) is 43.5 Å². The van der Waals surface area contributed by atoms with Gasteiger partial charge in [0.15, 0.2) is 0 Å². The molecular weight excluding hydrogens is 380 g/mol. The third-order valence-electron chi connectivity index (χ3n) is 4.15. The first kappa shape index (κ1) is 21.2. The lowest BCUT2D eigenvalue weighted by molar-refractivity contribution is -0.122. The molecule has 2 rings (SSSR count). The standard InChI is InChI=1S/C20H21ClN4O3/c1-13(20(27)23-16-7-4-14(11-22)5-8-16)25(2)12-19(26)24-17-10-15(21)6-9-18(17)28-3/h4-10,13H,12H2,1-3H3,(H,23,27)(H,24,26)/t13-/m1/s1. The topological polar surface area (TPSA) is 94.5 Å². The van der Waals surface area contributed by atoms with Gasteiger partial charge in [-0.2, -0.15) is 5.26 Å². The molecule has 1 atom stereocenters. The first-order valence-electron chi connectivity index (χ1n) is 8.48. The Labute approximate surface area is 168 Å². The highest BCUT2D eigenvalue weighted by Gasteiger charge is 2.21. The van der Waals surface area contributed by atoms with E-state index in [1.54, 1.807) is 61.3 Å². The van der Waals surface area contributed by atoms with Crippen molar-refractivity contribution in [2.24, 2.45) is 0 Å². The summed E-state index contributed by atoms with van der Waals surface area (Å²) in [5.74, 6) is -0.0755. The Kier molecular flexibility index (Phi) is 7.38. The summed E-state index contributed by atoms with van der Waals surface area (Å²) in [6.07, 6.45) is 0. The highest BCUT2D eigenvalue weighted by Crippen LogP contribution is 2.27. The van der Waals surface area contributed by atoms with Gasteiger partial charge < -0.3 is 15.4 Å². The predicted molar refractivity (Wildman–Crippen MR) is 109 cm³/mol. The van der Waals surface area contributed by atoms with Crippen molar-refractivity contribution in [3.05, 3.63) is 53.1 Å². The van der Waals surface area contributed by atoms with E-state index in [0.717, 1.165) is 0 Å². The van der Waals surface area contributed by atoms with E-state index in [-0.39, 0.29) is 18.4 Å². The van der Waals surface area contributed by atoms with Crippen molar-refractivity contribution < 1.29 is 14.3 Å². The van der Waals surface area contributed by atoms with Crippen molar-refractivity contribution in [1.82, 2.24) is 4.90 Å². The maximum atomic E-state index is 12.4. The molecule has 2 N–H and O–H groups in total. The number of nitrogens with zero attached hydrogens (tertiary/aromatic N) is 2. The van der Waals surface area contributed by atoms with Gasteiger partial charge in [0.05, 0.1) is 37.0 Å². The molecule has 2 aromatic carbocycles. The van der Waals surface area contributed by atoms with Crippen LogP contribution in [0.3, 0.4) is 0 Å². The van der Waals surface area contributed by atoms with Gasteiger partial charge in [-0.3, -0.25) is 14.5 Å². The third-order valence-corrected chi connectivity index (χ3v) is 4.39. The number of carbonyl (C=O) groups excluding carboxylic acids is 2. The lowest BCUT2D eigenvalue weighted by Gasteiger charge is -2.23. The number of methoxy groups -OCH3 is 1. The minimum Gasteiger partial charge on any atom is -0.495 e. The Balaban J connectivity index is 1.94. The predicted octanol–water partition coefficient (Wildman–Crippen LogP) is 3.12. The smallest absolute Gasteiger partial charge is 0.241 e. The number of hydrogen-bond acceptors (Lipinski definition) is 5. The third kappa shape index (κ3) is 5.71. The fourth-order valence-electron chi connectivity index (χ4n) is 2.41. The number of halogens is 1. The minimum absolute atomic E-state index is 0.00236. The number of anilines is 2. The van der Waals surface area contributed by atoms with Gasteiger partial charge in [-0.1, -0.05) is 11.6 Å². The molecule has 0 saturated carbocycles. The van der Waals surface area contributed by atoms with E-state index in [1.165, 1.54) is 7.11 Å². The molecular formula is C20H21ClN4O3. The molecule has 0 fully saturated rings. The van der Waals surface area contributed by atoms with Crippen molar-refractivity contribution in [2.45, 2.75) is 13.0 Å². The maximum absolute atomic E-state index is 12.4. The van der Waals surface area contributed by atoms with Gasteiger partial charge >= 0.3 is 0 Å². The second-order valence-electron chi connectivity index (χ2n) is 6.16. The molecule has 0 aliphatic carbocycles. The Morgan fingerprint density at radius 1 is 1.21 bits per heavy atom. The molecule has 7 nitrogen and oxygen atoms in total. The summed E-state index contributed by atoms with van der Waals surface area (Å²) in [4.78, 5) is 26.4. The minimum atomic E-state index is -0.553. The molecule has 0 heterocycles. The van der Waals surface area contributed by atoms with Crippen LogP contribution in [0.5, 0.6) is 5.75 Å². The molecule has 0 saturated heterocycles. The zero-order chi connectivity index (χ0) is 20.7. The van der Waals surface area contributed by atoms with Crippen LogP contribution in [-0.2, 0) is 9.59 Å². The van der Waals surface area contributed by atoms with E-state index >= 15 is 0 Å². The summed E-state index contributed by atoms with van der Waals surface area (Å²) in [5, 5.41) is 14.8. The molecule has 8 heteroatoms. The summed E-state index contributed by atoms with van der Waals surface area (Å²) in [6.45, 7) is 1.70. The maximum Gasteiger partial charge on any atom is 0.241 e. The zero-order valence-electron chi connectivity index (χ0n) is 15.8. The number of likely N-dealkylation sites (N-methyl/N-ethyl adjacent to an activating group) is 1. The Morgan fingerprint density at radius 2 is 1.89 bits per heavy atom. The molecule has 146 valence electrons. The molecule has 0 aromatic heterocycles. The Morgan fingerprint density at radius 3 is 2.50 bits per heavy atom. The number of benzene rings is 2. The number of nitriles is 1. The second kappa shape index (κ2) is 9.74. The van der Waals surface area contributed by atoms with Gasteiger partial charge in [-0.05, 0) is 56.4 Å². The van der Waals surface area contributed by atoms with Gasteiger partial charge in [-0.25, -0.2) is 0 Å². The van der Waals surface area contributed by atoms with Crippen LogP contribution in [0.2, 0.25) is 5.02 Å². The van der Waals surface area contributed by atoms with E-state index in [1.807, 2.05) is 6.07 Å². The van der Waals surface area contributed by atoms with Crippen LogP contribution in [0, 0.1) is 11.3 Å². The van der Waals surface area contributed by atoms with E-state index in [9.17, 15) is 9.59 Å². The molecule has 2 aromatic rings. The average Bonchev–Trinajstić information content (AvgIpc) is 2.68. The normalized spacial score (nSPS) is 11.4. The lowest BCUT2D eigenvalue weighted by atomic mass is 10.2. The average molecular weight is 401 g/mol. The zero-order valence-corrected chi connectivity index (χ0v) is 16.6. The number of ether oxygens (including phenoxy) is 1. The quantitative estimate of drug-likeness (QED) is 0.744. The molecule has 0 radical (unpaired) electrons. The van der Waals surface area contributed by atoms with Gasteiger partial charge in [0.1, 0.15) is 5.75 Å². The fraction of sp³-hybridized carbons (Fsp3) is 0.250. The summed E-state index contributed by atoms with van der Waals surface area (Å²) < 4.78 is 5.20. The van der Waals surface area contributed by atoms with Crippen molar-refractivity contribution >= 4 is 34.8 Å². The highest BCUT2D eigenvalue weighted by atomic mass is 35.5. The number of carbonyl (C=O) groups is 2. The second-order valence-corrected chi connectivity index (χ2v) is 6.60. The molecule has 2 amide bonds. The van der Waals surface area contributed by atoms with Crippen LogP contribution < -0.4 is 15.4 Å². The SMILES string of the molecule is COc1ccc(Cl)cc1NC(=O)CN(C)[C@H](C)C(=O)Nc1ccc(C#N)cc1. The summed E-state index contributed by atoms with van der Waals surface area (Å²) >= 11 is 5.96. The van der Waals surface area contributed by atoms with E-state index in [0.29, 0.717) is 27.7 Å². The summed E-state index contributed by atoms with van der Waals surface area (Å²) in [5.41, 5.74) is 1.55. The van der Waals surface area contributed by atoms with E-state index in [2.05, 4.69) is 10.6 Å². The molecule has 0 unspecified atom stereocenters. The highest BCUT2D eigenvalue weighted by molar-refractivity contribution is 6.31. The van der Waals surface area contributed by atoms with E-state index in [4.69, 9.17) is 21.6 Å². The molecule has 0 spiro atoms. The van der Waals surface area contributed by atoms with Gasteiger partial charge in [0.25, 0.3) is 0 Å². The molecule has 0 aliphatic rings.